The first-order valence-electron chi connectivity index (χ1n) is 7.24. The van der Waals surface area contributed by atoms with Crippen molar-refractivity contribution in [3.05, 3.63) is 11.1 Å². The zero-order chi connectivity index (χ0) is 14.4. The molecule has 6 heteroatoms. The van der Waals surface area contributed by atoms with Gasteiger partial charge >= 0.3 is 5.97 Å². The summed E-state index contributed by atoms with van der Waals surface area (Å²) in [6.07, 6.45) is 3.73. The maximum Gasteiger partial charge on any atom is 0.357 e. The molecule has 0 spiro atoms. The number of likely N-dealkylation sites (tertiary alicyclic amines) is 1. The van der Waals surface area contributed by atoms with Gasteiger partial charge in [0.05, 0.1) is 6.61 Å². The summed E-state index contributed by atoms with van der Waals surface area (Å²) in [5.74, 6) is 0.468. The number of carbonyl (C=O) groups excluding carboxylic acids is 1. The standard InChI is InChI=1S/C14H23N3O2S/c1-3-19-13(18)12-10-20-14(16-12)15-7-4-11-5-8-17(2)9-6-11/h10-11H,3-9H2,1-2H3,(H,15,16). The Bertz CT molecular complexity index is 428. The van der Waals surface area contributed by atoms with Crippen LogP contribution in [0.5, 0.6) is 0 Å². The van der Waals surface area contributed by atoms with Crippen LogP contribution in [0.1, 0.15) is 36.7 Å². The largest absolute Gasteiger partial charge is 0.461 e. The van der Waals surface area contributed by atoms with Crippen LogP contribution < -0.4 is 5.32 Å². The zero-order valence-electron chi connectivity index (χ0n) is 12.2. The van der Waals surface area contributed by atoms with E-state index in [4.69, 9.17) is 4.74 Å². The summed E-state index contributed by atoms with van der Waals surface area (Å²) in [5.41, 5.74) is 0.402. The summed E-state index contributed by atoms with van der Waals surface area (Å²) in [7, 11) is 2.18. The SMILES string of the molecule is CCOC(=O)c1csc(NCCC2CCN(C)CC2)n1. The Morgan fingerprint density at radius 1 is 1.55 bits per heavy atom. The molecule has 2 rings (SSSR count). The van der Waals surface area contributed by atoms with E-state index in [1.165, 1.54) is 43.7 Å². The number of nitrogens with zero attached hydrogens (tertiary/aromatic N) is 2. The van der Waals surface area contributed by atoms with Gasteiger partial charge in [-0.25, -0.2) is 9.78 Å². The Morgan fingerprint density at radius 3 is 3.00 bits per heavy atom. The van der Waals surface area contributed by atoms with Crippen LogP contribution in [-0.2, 0) is 4.74 Å². The molecule has 0 atom stereocenters. The van der Waals surface area contributed by atoms with Crippen molar-refractivity contribution in [2.75, 3.05) is 38.6 Å². The van der Waals surface area contributed by atoms with E-state index < -0.39 is 0 Å². The zero-order valence-corrected chi connectivity index (χ0v) is 13.0. The molecule has 0 radical (unpaired) electrons. The lowest BCUT2D eigenvalue weighted by molar-refractivity contribution is 0.0520. The monoisotopic (exact) mass is 297 g/mol. The van der Waals surface area contributed by atoms with E-state index in [1.54, 1.807) is 12.3 Å². The number of aromatic nitrogens is 1. The van der Waals surface area contributed by atoms with Crippen molar-refractivity contribution in [1.29, 1.82) is 0 Å². The first kappa shape index (κ1) is 15.3. The molecule has 0 bridgehead atoms. The Labute approximate surface area is 124 Å². The third kappa shape index (κ3) is 4.45. The lowest BCUT2D eigenvalue weighted by atomic mass is 9.94. The lowest BCUT2D eigenvalue weighted by Gasteiger charge is -2.28. The van der Waals surface area contributed by atoms with E-state index in [-0.39, 0.29) is 5.97 Å². The second-order valence-corrected chi connectivity index (χ2v) is 6.08. The van der Waals surface area contributed by atoms with Gasteiger partial charge in [0.1, 0.15) is 0 Å². The quantitative estimate of drug-likeness (QED) is 0.818. The number of hydrogen-bond acceptors (Lipinski definition) is 6. The number of nitrogens with one attached hydrogen (secondary N) is 1. The highest BCUT2D eigenvalue weighted by molar-refractivity contribution is 7.13. The van der Waals surface area contributed by atoms with Crippen LogP contribution >= 0.6 is 11.3 Å². The van der Waals surface area contributed by atoms with E-state index >= 15 is 0 Å². The molecule has 0 amide bonds. The number of ether oxygens (including phenoxy) is 1. The maximum atomic E-state index is 11.5. The third-order valence-corrected chi connectivity index (χ3v) is 4.46. The summed E-state index contributed by atoms with van der Waals surface area (Å²) < 4.78 is 4.92. The predicted molar refractivity (Wildman–Crippen MR) is 81.4 cm³/mol. The van der Waals surface area contributed by atoms with Crippen LogP contribution in [0.4, 0.5) is 5.13 Å². The van der Waals surface area contributed by atoms with E-state index in [9.17, 15) is 4.79 Å². The molecule has 112 valence electrons. The molecule has 5 nitrogen and oxygen atoms in total. The van der Waals surface area contributed by atoms with E-state index in [0.29, 0.717) is 12.3 Å². The van der Waals surface area contributed by atoms with Crippen molar-refractivity contribution in [3.63, 3.8) is 0 Å². The van der Waals surface area contributed by atoms with Crippen LogP contribution in [0.3, 0.4) is 0 Å². The van der Waals surface area contributed by atoms with Crippen LogP contribution in [0, 0.1) is 5.92 Å². The highest BCUT2D eigenvalue weighted by Gasteiger charge is 2.16. The fourth-order valence-corrected chi connectivity index (χ4v) is 3.10. The second kappa shape index (κ2) is 7.59. The van der Waals surface area contributed by atoms with Crippen LogP contribution in [0.2, 0.25) is 0 Å². The van der Waals surface area contributed by atoms with Gasteiger partial charge in [-0.05, 0) is 52.2 Å². The average Bonchev–Trinajstić information content (AvgIpc) is 2.90. The van der Waals surface area contributed by atoms with E-state index in [2.05, 4.69) is 22.2 Å². The molecule has 1 saturated heterocycles. The first-order valence-corrected chi connectivity index (χ1v) is 8.12. The highest BCUT2D eigenvalue weighted by atomic mass is 32.1. The molecule has 1 aromatic heterocycles. The minimum absolute atomic E-state index is 0.341. The first-order chi connectivity index (χ1) is 9.69. The van der Waals surface area contributed by atoms with Gasteiger partial charge in [-0.3, -0.25) is 0 Å². The minimum Gasteiger partial charge on any atom is -0.461 e. The lowest BCUT2D eigenvalue weighted by Crippen LogP contribution is -2.30. The van der Waals surface area contributed by atoms with Gasteiger partial charge in [0.15, 0.2) is 10.8 Å². The summed E-state index contributed by atoms with van der Waals surface area (Å²) in [4.78, 5) is 18.1. The topological polar surface area (TPSA) is 54.5 Å². The molecular formula is C14H23N3O2S. The molecule has 1 aliphatic rings. The Balaban J connectivity index is 1.70. The third-order valence-electron chi connectivity index (χ3n) is 3.66. The van der Waals surface area contributed by atoms with Gasteiger partial charge in [0.2, 0.25) is 0 Å². The maximum absolute atomic E-state index is 11.5. The molecule has 1 aromatic rings. The minimum atomic E-state index is -0.341. The molecule has 0 saturated carbocycles. The van der Waals surface area contributed by atoms with Crippen LogP contribution in [-0.4, -0.2) is 49.1 Å². The molecule has 1 aliphatic heterocycles. The van der Waals surface area contributed by atoms with Gasteiger partial charge in [-0.2, -0.15) is 0 Å². The van der Waals surface area contributed by atoms with Crippen molar-refractivity contribution in [3.8, 4) is 0 Å². The van der Waals surface area contributed by atoms with Crippen molar-refractivity contribution in [1.82, 2.24) is 9.88 Å². The Kier molecular flexibility index (Phi) is 5.79. The molecule has 0 aliphatic carbocycles. The number of piperidine rings is 1. The van der Waals surface area contributed by atoms with Gasteiger partial charge in [-0.1, -0.05) is 0 Å². The molecule has 1 N–H and O–H groups in total. The second-order valence-electron chi connectivity index (χ2n) is 5.22. The Morgan fingerprint density at radius 2 is 2.30 bits per heavy atom. The number of thiazole rings is 1. The van der Waals surface area contributed by atoms with Gasteiger partial charge < -0.3 is 15.0 Å². The number of esters is 1. The summed E-state index contributed by atoms with van der Waals surface area (Å²) in [5, 5.41) is 5.86. The summed E-state index contributed by atoms with van der Waals surface area (Å²) in [6, 6.07) is 0. The Hall–Kier alpha value is -1.14. The fraction of sp³-hybridized carbons (Fsp3) is 0.714. The van der Waals surface area contributed by atoms with E-state index in [1.807, 2.05) is 0 Å². The number of rotatable bonds is 6. The molecule has 0 unspecified atom stereocenters. The van der Waals surface area contributed by atoms with Gasteiger partial charge in [0.25, 0.3) is 0 Å². The van der Waals surface area contributed by atoms with Gasteiger partial charge in [0, 0.05) is 11.9 Å². The smallest absolute Gasteiger partial charge is 0.357 e. The van der Waals surface area contributed by atoms with Crippen molar-refractivity contribution in [2.24, 2.45) is 5.92 Å². The van der Waals surface area contributed by atoms with Crippen molar-refractivity contribution < 1.29 is 9.53 Å². The molecular weight excluding hydrogens is 274 g/mol. The molecule has 1 fully saturated rings. The van der Waals surface area contributed by atoms with Crippen molar-refractivity contribution >= 4 is 22.4 Å². The number of carbonyl (C=O) groups is 1. The number of hydrogen-bond donors (Lipinski definition) is 1. The summed E-state index contributed by atoms with van der Waals surface area (Å²) >= 11 is 1.46. The molecule has 0 aromatic carbocycles. The van der Waals surface area contributed by atoms with Crippen molar-refractivity contribution in [2.45, 2.75) is 26.2 Å². The predicted octanol–water partition coefficient (Wildman–Crippen LogP) is 2.46. The van der Waals surface area contributed by atoms with Gasteiger partial charge in [-0.15, -0.1) is 11.3 Å². The normalized spacial score (nSPS) is 17.1. The average molecular weight is 297 g/mol. The van der Waals surface area contributed by atoms with Crippen LogP contribution in [0.15, 0.2) is 5.38 Å². The molecule has 20 heavy (non-hydrogen) atoms. The highest BCUT2D eigenvalue weighted by Crippen LogP contribution is 2.21. The summed E-state index contributed by atoms with van der Waals surface area (Å²) in [6.45, 7) is 5.51. The van der Waals surface area contributed by atoms with E-state index in [0.717, 1.165) is 17.6 Å². The molecule has 2 heterocycles. The number of anilines is 1. The van der Waals surface area contributed by atoms with Crippen LogP contribution in [0.25, 0.3) is 0 Å². The fourth-order valence-electron chi connectivity index (χ4n) is 2.39.